The smallest absolute Gasteiger partial charge is 0 e. The second-order valence-electron chi connectivity index (χ2n) is 0. The Bertz CT molecular complexity index is 6.04. The molecule has 0 saturated heterocycles. The molecule has 0 bridgehead atoms. The largest absolute Gasteiger partial charge is 1.00 e. The Morgan fingerprint density at radius 2 is 0.286 bits per heavy atom. The average Bonchev–Trinajstić information content (AvgIpc) is 0. The van der Waals surface area contributed by atoms with E-state index in [0.29, 0.717) is 0 Å². The Kier molecular flexibility index (Phi) is 545. The Morgan fingerprint density at radius 3 is 0.286 bits per heavy atom. The van der Waals surface area contributed by atoms with Gasteiger partial charge in [0.15, 0.2) is 0 Å². The van der Waals surface area contributed by atoms with E-state index in [9.17, 15) is 0 Å². The fourth-order valence-corrected chi connectivity index (χ4v) is 0. The molecule has 0 nitrogen and oxygen atoms in total. The summed E-state index contributed by atoms with van der Waals surface area (Å²) in [6, 6.07) is 0. The maximum absolute atomic E-state index is 0. The van der Waals surface area contributed by atoms with Crippen LogP contribution in [0.15, 0.2) is 0 Å². The molecule has 0 unspecified atom stereocenters. The monoisotopic (exact) mass is 762 g/mol. The first-order valence-corrected chi connectivity index (χ1v) is 0. The van der Waals surface area contributed by atoms with Gasteiger partial charge < -0.3 is 84.9 Å². The molecule has 0 aliphatic carbocycles. The molecule has 0 N–H and O–H groups in total. The van der Waals surface area contributed by atoms with Gasteiger partial charge in [0.1, 0.15) is 0 Å². The van der Waals surface area contributed by atoms with E-state index in [1.165, 1.54) is 0 Å². The van der Waals surface area contributed by atoms with E-state index in [4.69, 9.17) is 0 Å². The van der Waals surface area contributed by atoms with Crippen molar-refractivity contribution < 1.29 is 127 Å². The van der Waals surface area contributed by atoms with Crippen molar-refractivity contribution in [3.63, 3.8) is 0 Å². The molecule has 0 radical (unpaired) electrons. The van der Waals surface area contributed by atoms with Gasteiger partial charge in [0.05, 0.1) is 0 Å². The molecule has 0 atom stereocenters. The third-order valence-electron chi connectivity index (χ3n) is 0. The number of rotatable bonds is 0. The van der Waals surface area contributed by atoms with Crippen molar-refractivity contribution in [2.24, 2.45) is 0 Å². The topological polar surface area (TPSA) is 0 Å². The molecule has 7 heteroatoms. The van der Waals surface area contributed by atoms with Crippen molar-refractivity contribution in [2.75, 3.05) is 0 Å². The Morgan fingerprint density at radius 1 is 0.286 bits per heavy atom. The first kappa shape index (κ1) is 72.2. The van der Waals surface area contributed by atoms with Gasteiger partial charge in [-0.2, -0.15) is 0 Å². The molecule has 0 aliphatic heterocycles. The van der Waals surface area contributed by atoms with Crippen LogP contribution in [-0.4, -0.2) is 0 Å². The third-order valence-corrected chi connectivity index (χ3v) is 0. The molecule has 0 fully saturated rings. The molecule has 0 spiro atoms. The average molecular weight is 767 g/mol. The molecule has 0 amide bonds. The molecular formula is Br5W2-5. The minimum absolute atomic E-state index is 0. The van der Waals surface area contributed by atoms with Crippen LogP contribution < -0.4 is 84.9 Å². The first-order chi connectivity index (χ1) is 0. The fourth-order valence-electron chi connectivity index (χ4n) is 0. The zero-order chi connectivity index (χ0) is 0. The second kappa shape index (κ2) is 52.8. The van der Waals surface area contributed by atoms with Gasteiger partial charge in [0.25, 0.3) is 0 Å². The van der Waals surface area contributed by atoms with Crippen molar-refractivity contribution in [2.45, 2.75) is 0 Å². The van der Waals surface area contributed by atoms with E-state index in [1.807, 2.05) is 0 Å². The standard InChI is InChI=1S/5BrH.2W/h5*1H;;/p-5. The van der Waals surface area contributed by atoms with Crippen molar-refractivity contribution in [3.8, 4) is 0 Å². The predicted octanol–water partition coefficient (Wildman–Crippen LogP) is -15.0. The summed E-state index contributed by atoms with van der Waals surface area (Å²) in [5.41, 5.74) is 0. The van der Waals surface area contributed by atoms with Crippen molar-refractivity contribution in [1.82, 2.24) is 0 Å². The van der Waals surface area contributed by atoms with E-state index in [-0.39, 0.29) is 127 Å². The van der Waals surface area contributed by atoms with Crippen molar-refractivity contribution in [1.29, 1.82) is 0 Å². The van der Waals surface area contributed by atoms with Crippen LogP contribution in [0.5, 0.6) is 0 Å². The van der Waals surface area contributed by atoms with E-state index in [1.54, 1.807) is 0 Å². The normalized spacial score (nSPS) is 0. The summed E-state index contributed by atoms with van der Waals surface area (Å²) in [6.45, 7) is 0. The van der Waals surface area contributed by atoms with Gasteiger partial charge in [-0.25, -0.2) is 0 Å². The summed E-state index contributed by atoms with van der Waals surface area (Å²) in [4.78, 5) is 0. The number of hydrogen-bond donors (Lipinski definition) is 0. The molecule has 0 saturated carbocycles. The molecule has 0 aliphatic rings. The third kappa shape index (κ3) is 41.5. The van der Waals surface area contributed by atoms with Gasteiger partial charge in [-0.15, -0.1) is 0 Å². The van der Waals surface area contributed by atoms with Crippen LogP contribution in [0.4, 0.5) is 0 Å². The zero-order valence-electron chi connectivity index (χ0n) is 2.71. The minimum Gasteiger partial charge on any atom is -1.00 e. The van der Waals surface area contributed by atoms with Crippen LogP contribution in [0.2, 0.25) is 0 Å². The van der Waals surface area contributed by atoms with Gasteiger partial charge >= 0.3 is 0 Å². The molecule has 52 valence electrons. The fraction of sp³-hybridized carbons (Fsp3) is 0. The van der Waals surface area contributed by atoms with E-state index >= 15 is 0 Å². The molecule has 7 heavy (non-hydrogen) atoms. The van der Waals surface area contributed by atoms with Crippen LogP contribution in [0.1, 0.15) is 0 Å². The van der Waals surface area contributed by atoms with E-state index in [0.717, 1.165) is 0 Å². The van der Waals surface area contributed by atoms with Crippen LogP contribution >= 0.6 is 0 Å². The van der Waals surface area contributed by atoms with E-state index < -0.39 is 0 Å². The second-order valence-corrected chi connectivity index (χ2v) is 0. The summed E-state index contributed by atoms with van der Waals surface area (Å²) >= 11 is 0. The maximum Gasteiger partial charge on any atom is 0 e. The quantitative estimate of drug-likeness (QED) is 0.230. The Balaban J connectivity index is 0. The Labute approximate surface area is 125 Å². The zero-order valence-corrected chi connectivity index (χ0v) is 16.5. The van der Waals surface area contributed by atoms with Gasteiger partial charge in [-0.1, -0.05) is 0 Å². The minimum atomic E-state index is 0. The number of halogens is 5. The van der Waals surface area contributed by atoms with Crippen LogP contribution in [0, 0.1) is 0 Å². The molecule has 0 aromatic heterocycles. The summed E-state index contributed by atoms with van der Waals surface area (Å²) in [5, 5.41) is 0. The van der Waals surface area contributed by atoms with E-state index in [2.05, 4.69) is 0 Å². The molecule has 0 aromatic rings. The molecule has 0 rings (SSSR count). The maximum atomic E-state index is 0. The SMILES string of the molecule is [Br-].[Br-].[Br-].[Br-].[Br-].[W].[W]. The van der Waals surface area contributed by atoms with Crippen LogP contribution in [0.25, 0.3) is 0 Å². The Hall–Kier alpha value is 3.78. The van der Waals surface area contributed by atoms with Gasteiger partial charge in [-0.3, -0.25) is 0 Å². The predicted molar refractivity (Wildman–Crippen MR) is 0 cm³/mol. The van der Waals surface area contributed by atoms with Gasteiger partial charge in [0.2, 0.25) is 0 Å². The van der Waals surface area contributed by atoms with Crippen molar-refractivity contribution in [3.05, 3.63) is 0 Å². The summed E-state index contributed by atoms with van der Waals surface area (Å²) in [5.74, 6) is 0. The summed E-state index contributed by atoms with van der Waals surface area (Å²) in [6.07, 6.45) is 0. The van der Waals surface area contributed by atoms with Crippen molar-refractivity contribution >= 4 is 0 Å². The number of hydrogen-bond acceptors (Lipinski definition) is 0. The van der Waals surface area contributed by atoms with Crippen LogP contribution in [-0.2, 0) is 42.1 Å². The summed E-state index contributed by atoms with van der Waals surface area (Å²) < 4.78 is 0. The summed E-state index contributed by atoms with van der Waals surface area (Å²) in [7, 11) is 0. The van der Waals surface area contributed by atoms with Gasteiger partial charge in [-0.05, 0) is 0 Å². The molecule has 0 heterocycles. The first-order valence-electron chi connectivity index (χ1n) is 0. The van der Waals surface area contributed by atoms with Crippen LogP contribution in [0.3, 0.4) is 0 Å². The molecule has 0 aromatic carbocycles. The molecular weight excluding hydrogens is 767 g/mol. The van der Waals surface area contributed by atoms with Gasteiger partial charge in [0, 0.05) is 42.1 Å².